The number of likely N-dealkylation sites (tertiary alicyclic amines) is 1. The lowest BCUT2D eigenvalue weighted by Crippen LogP contribution is -2.37. The molecule has 0 aromatic heterocycles. The van der Waals surface area contributed by atoms with Crippen molar-refractivity contribution in [3.05, 3.63) is 29.6 Å². The molecule has 0 aliphatic carbocycles. The van der Waals surface area contributed by atoms with Crippen molar-refractivity contribution in [1.29, 1.82) is 0 Å². The highest BCUT2D eigenvalue weighted by Gasteiger charge is 2.25. The zero-order valence-corrected chi connectivity index (χ0v) is 11.6. The van der Waals surface area contributed by atoms with Crippen LogP contribution in [0, 0.1) is 11.2 Å². The fourth-order valence-electron chi connectivity index (χ4n) is 2.49. The van der Waals surface area contributed by atoms with Gasteiger partial charge in [0.2, 0.25) is 0 Å². The number of benzene rings is 1. The number of nitrogens with zero attached hydrogens (tertiary/aromatic N) is 1. The van der Waals surface area contributed by atoms with E-state index in [1.807, 2.05) is 0 Å². The van der Waals surface area contributed by atoms with Gasteiger partial charge in [0.15, 0.2) is 0 Å². The molecule has 3 nitrogen and oxygen atoms in total. The Morgan fingerprint density at radius 1 is 1.21 bits per heavy atom. The van der Waals surface area contributed by atoms with E-state index in [9.17, 15) is 4.39 Å². The number of piperidine rings is 1. The third-order valence-electron chi connectivity index (χ3n) is 3.89. The quantitative estimate of drug-likeness (QED) is 0.805. The van der Waals surface area contributed by atoms with Crippen molar-refractivity contribution in [3.63, 3.8) is 0 Å². The molecule has 1 aliphatic rings. The van der Waals surface area contributed by atoms with Crippen molar-refractivity contribution in [2.24, 2.45) is 5.41 Å². The van der Waals surface area contributed by atoms with Gasteiger partial charge in [-0.05, 0) is 54.5 Å². The minimum Gasteiger partial charge on any atom is -0.423 e. The number of hydrogen-bond acceptors (Lipinski definition) is 3. The molecule has 0 saturated carbocycles. The molecule has 0 radical (unpaired) electrons. The summed E-state index contributed by atoms with van der Waals surface area (Å²) in [7, 11) is -1.62. The van der Waals surface area contributed by atoms with Gasteiger partial charge in [0.05, 0.1) is 0 Å². The van der Waals surface area contributed by atoms with Crippen LogP contribution in [0.2, 0.25) is 0 Å². The summed E-state index contributed by atoms with van der Waals surface area (Å²) in [6.07, 6.45) is 2.27. The van der Waals surface area contributed by atoms with Crippen molar-refractivity contribution in [1.82, 2.24) is 4.90 Å². The summed E-state index contributed by atoms with van der Waals surface area (Å²) in [4.78, 5) is 2.29. The highest BCUT2D eigenvalue weighted by Crippen LogP contribution is 2.30. The van der Waals surface area contributed by atoms with E-state index in [1.54, 1.807) is 6.07 Å². The van der Waals surface area contributed by atoms with Gasteiger partial charge < -0.3 is 10.0 Å². The van der Waals surface area contributed by atoms with Gasteiger partial charge in [-0.15, -0.1) is 0 Å². The molecular weight excluding hydrogens is 244 g/mol. The van der Waals surface area contributed by atoms with Crippen molar-refractivity contribution in [2.75, 3.05) is 13.1 Å². The minimum atomic E-state index is -1.62. The van der Waals surface area contributed by atoms with Crippen molar-refractivity contribution < 1.29 is 14.4 Å². The van der Waals surface area contributed by atoms with E-state index >= 15 is 0 Å². The number of hydrogen-bond donors (Lipinski definition) is 2. The first-order valence-corrected chi connectivity index (χ1v) is 6.74. The second-order valence-corrected chi connectivity index (χ2v) is 6.21. The Labute approximate surface area is 114 Å². The Morgan fingerprint density at radius 3 is 2.42 bits per heavy atom. The summed E-state index contributed by atoms with van der Waals surface area (Å²) in [5, 5.41) is 18.2. The van der Waals surface area contributed by atoms with Crippen LogP contribution in [0.25, 0.3) is 0 Å². The average Bonchev–Trinajstić information content (AvgIpc) is 2.31. The van der Waals surface area contributed by atoms with Gasteiger partial charge in [0.1, 0.15) is 5.82 Å². The Morgan fingerprint density at radius 2 is 1.84 bits per heavy atom. The molecule has 5 heteroatoms. The first-order chi connectivity index (χ1) is 8.85. The fraction of sp³-hybridized carbons (Fsp3) is 0.571. The fourth-order valence-corrected chi connectivity index (χ4v) is 2.49. The lowest BCUT2D eigenvalue weighted by Gasteiger charge is -2.37. The molecule has 2 rings (SSSR count). The molecule has 2 N–H and O–H groups in total. The number of halogens is 1. The topological polar surface area (TPSA) is 43.7 Å². The summed E-state index contributed by atoms with van der Waals surface area (Å²) in [6, 6.07) is 4.28. The number of rotatable bonds is 3. The molecule has 0 amide bonds. The van der Waals surface area contributed by atoms with Crippen LogP contribution in [0.5, 0.6) is 0 Å². The Bertz CT molecular complexity index is 441. The highest BCUT2D eigenvalue weighted by atomic mass is 19.1. The molecule has 1 fully saturated rings. The monoisotopic (exact) mass is 265 g/mol. The molecule has 1 saturated heterocycles. The van der Waals surface area contributed by atoms with Crippen LogP contribution in [0.1, 0.15) is 32.3 Å². The average molecular weight is 265 g/mol. The van der Waals surface area contributed by atoms with E-state index in [-0.39, 0.29) is 5.46 Å². The SMILES string of the molecule is CC1(C)CCN(Cc2cc(F)cc(B(O)O)c2)CC1. The first-order valence-electron chi connectivity index (χ1n) is 6.74. The van der Waals surface area contributed by atoms with Crippen molar-refractivity contribution >= 4 is 12.6 Å². The standard InChI is InChI=1S/C14H21BFNO2/c1-14(2)3-5-17(6-4-14)10-11-7-12(15(18)19)9-13(16)8-11/h7-9,18-19H,3-6,10H2,1-2H3. The molecule has 0 atom stereocenters. The van der Waals surface area contributed by atoms with Crippen LogP contribution in [0.4, 0.5) is 4.39 Å². The third kappa shape index (κ3) is 4.03. The van der Waals surface area contributed by atoms with Gasteiger partial charge >= 0.3 is 7.12 Å². The molecule has 0 bridgehead atoms. The first kappa shape index (κ1) is 14.5. The lowest BCUT2D eigenvalue weighted by molar-refractivity contribution is 0.127. The van der Waals surface area contributed by atoms with Crippen LogP contribution in [-0.4, -0.2) is 35.2 Å². The maximum absolute atomic E-state index is 13.4. The summed E-state index contributed by atoms with van der Waals surface area (Å²) in [6.45, 7) is 7.20. The molecule has 1 aliphatic heterocycles. The van der Waals surface area contributed by atoms with Crippen LogP contribution >= 0.6 is 0 Å². The predicted molar refractivity (Wildman–Crippen MR) is 74.5 cm³/mol. The molecule has 1 heterocycles. The van der Waals surface area contributed by atoms with E-state index in [0.717, 1.165) is 37.6 Å². The van der Waals surface area contributed by atoms with Gasteiger partial charge in [-0.1, -0.05) is 19.9 Å². The van der Waals surface area contributed by atoms with Crippen LogP contribution in [-0.2, 0) is 6.54 Å². The summed E-state index contributed by atoms with van der Waals surface area (Å²) in [5.74, 6) is -0.419. The predicted octanol–water partition coefficient (Wildman–Crippen LogP) is 1.13. The maximum atomic E-state index is 13.4. The normalized spacial score (nSPS) is 19.4. The smallest absolute Gasteiger partial charge is 0.423 e. The van der Waals surface area contributed by atoms with E-state index in [1.165, 1.54) is 6.07 Å². The van der Waals surface area contributed by atoms with Crippen LogP contribution < -0.4 is 5.46 Å². The van der Waals surface area contributed by atoms with Crippen LogP contribution in [0.15, 0.2) is 18.2 Å². The Hall–Kier alpha value is -0.905. The minimum absolute atomic E-state index is 0.215. The van der Waals surface area contributed by atoms with E-state index < -0.39 is 12.9 Å². The van der Waals surface area contributed by atoms with Gasteiger partial charge in [0.25, 0.3) is 0 Å². The zero-order valence-electron chi connectivity index (χ0n) is 11.6. The summed E-state index contributed by atoms with van der Waals surface area (Å²) < 4.78 is 13.4. The summed E-state index contributed by atoms with van der Waals surface area (Å²) >= 11 is 0. The molecule has 0 unspecified atom stereocenters. The molecule has 104 valence electrons. The molecule has 1 aromatic rings. The second-order valence-electron chi connectivity index (χ2n) is 6.21. The van der Waals surface area contributed by atoms with Crippen molar-refractivity contribution in [3.8, 4) is 0 Å². The lowest BCUT2D eigenvalue weighted by atomic mass is 9.79. The molecule has 1 aromatic carbocycles. The second kappa shape index (κ2) is 5.61. The molecule has 19 heavy (non-hydrogen) atoms. The van der Waals surface area contributed by atoms with Gasteiger partial charge in [-0.25, -0.2) is 4.39 Å². The van der Waals surface area contributed by atoms with Gasteiger partial charge in [-0.3, -0.25) is 4.90 Å². The maximum Gasteiger partial charge on any atom is 0.488 e. The van der Waals surface area contributed by atoms with Gasteiger partial charge in [-0.2, -0.15) is 0 Å². The molecular formula is C14H21BFNO2. The largest absolute Gasteiger partial charge is 0.488 e. The summed E-state index contributed by atoms with van der Waals surface area (Å²) in [5.41, 5.74) is 1.40. The molecule has 0 spiro atoms. The Balaban J connectivity index is 2.03. The van der Waals surface area contributed by atoms with E-state index in [0.29, 0.717) is 12.0 Å². The Kier molecular flexibility index (Phi) is 4.28. The highest BCUT2D eigenvalue weighted by molar-refractivity contribution is 6.58. The van der Waals surface area contributed by atoms with E-state index in [4.69, 9.17) is 10.0 Å². The van der Waals surface area contributed by atoms with E-state index in [2.05, 4.69) is 18.7 Å². The van der Waals surface area contributed by atoms with Crippen molar-refractivity contribution in [2.45, 2.75) is 33.2 Å². The van der Waals surface area contributed by atoms with Crippen LogP contribution in [0.3, 0.4) is 0 Å². The van der Waals surface area contributed by atoms with Gasteiger partial charge in [0, 0.05) is 6.54 Å². The zero-order chi connectivity index (χ0) is 14.0. The third-order valence-corrected chi connectivity index (χ3v) is 3.89.